The van der Waals surface area contributed by atoms with Gasteiger partial charge in [0.25, 0.3) is 0 Å². The van der Waals surface area contributed by atoms with Crippen LogP contribution >= 0.6 is 0 Å². The van der Waals surface area contributed by atoms with Gasteiger partial charge in [0.1, 0.15) is 0 Å². The van der Waals surface area contributed by atoms with E-state index in [-0.39, 0.29) is 45.6 Å². The standard InChI is InChI=1S/C67H104N2O3/c1-40(2)11-10-12-41(3)51-19-20-52-48-16-13-42-37-45(25-31-62(42,4)55(48)28-34-65(51,52)7)68-60(71)58-23-21-53-49-17-14-43-38-46(26-32-63(43,5)56(49)29-35-66(53,58)8)69-61(72)59-24-22-54-50-18-15-44-39-47(70)27-33-64(44,6)57(50)30-36-67(54,59)9/h13-15,40-41,45-59,70H,10-12,16-39H2,1-9H3,(H,68,71)(H,69,72)/t41-,45+,46+,47+,48+,49+,50+,51-,52+,53+,54+,55+,56+,57+,58-,59-,62+,63+,64+,65-,66+,67+/m1/s1. The van der Waals surface area contributed by atoms with E-state index in [0.717, 1.165) is 99.7 Å². The number of rotatable bonds is 9. The molecule has 0 unspecified atom stereocenters. The van der Waals surface area contributed by atoms with Crippen LogP contribution in [0.3, 0.4) is 0 Å². The molecule has 5 nitrogen and oxygen atoms in total. The van der Waals surface area contributed by atoms with Crippen LogP contribution in [0.25, 0.3) is 0 Å². The van der Waals surface area contributed by atoms with Crippen molar-refractivity contribution in [3.8, 4) is 0 Å². The van der Waals surface area contributed by atoms with Crippen molar-refractivity contribution in [1.82, 2.24) is 10.6 Å². The van der Waals surface area contributed by atoms with Crippen molar-refractivity contribution in [2.45, 2.75) is 254 Å². The molecule has 0 saturated heterocycles. The Morgan fingerprint density at radius 3 is 1.39 bits per heavy atom. The SMILES string of the molecule is CC(C)CCC[C@@H](C)[C@H]1CC[C@H]2[C@@H]3CC=C4C[C@@H](NC(=O)[C@H]5CC[C@H]6[C@@H]7CC=C8C[C@@H](NC(=O)[C@H]9CC[C@H]%10[C@@H]%11CC=C%12C[C@@H](O)CC[C@]%12(C)[C@H]%11CC[C@]9%10C)CC[C@]8(C)[C@H]7CC[C@]56C)CC[C@]4(C)[C@H]3CC[C@]12C. The van der Waals surface area contributed by atoms with Crippen LogP contribution < -0.4 is 10.6 Å². The van der Waals surface area contributed by atoms with E-state index in [1.807, 2.05) is 0 Å². The Labute approximate surface area is 439 Å². The fraction of sp³-hybridized carbons (Fsp3) is 0.881. The molecule has 22 atom stereocenters. The monoisotopic (exact) mass is 985 g/mol. The minimum atomic E-state index is -0.157. The maximum Gasteiger partial charge on any atom is 0.223 e. The first-order valence-corrected chi connectivity index (χ1v) is 31.7. The Kier molecular flexibility index (Phi) is 13.0. The van der Waals surface area contributed by atoms with Gasteiger partial charge in [0, 0.05) is 23.9 Å². The van der Waals surface area contributed by atoms with E-state index in [1.165, 1.54) is 109 Å². The van der Waals surface area contributed by atoms with Gasteiger partial charge >= 0.3 is 0 Å². The molecule has 0 heterocycles. The summed E-state index contributed by atoms with van der Waals surface area (Å²) in [6, 6.07) is 0.555. The van der Waals surface area contributed by atoms with Crippen molar-refractivity contribution in [2.75, 3.05) is 0 Å². The average molecular weight is 986 g/mol. The number of aliphatic hydroxyl groups is 1. The normalized spacial score (nSPS) is 51.5. The summed E-state index contributed by atoms with van der Waals surface area (Å²) in [5.74, 6) is 10.3. The number of allylic oxidation sites excluding steroid dienone is 3. The largest absolute Gasteiger partial charge is 0.393 e. The summed E-state index contributed by atoms with van der Waals surface area (Å²) in [7, 11) is 0. The van der Waals surface area contributed by atoms with E-state index in [0.29, 0.717) is 64.2 Å². The number of carbonyl (C=O) groups excluding carboxylic acids is 2. The number of aliphatic hydroxyl groups excluding tert-OH is 1. The molecule has 72 heavy (non-hydrogen) atoms. The first-order valence-electron chi connectivity index (χ1n) is 31.7. The molecule has 0 bridgehead atoms. The highest BCUT2D eigenvalue weighted by atomic mass is 16.3. The van der Waals surface area contributed by atoms with Gasteiger partial charge in [-0.3, -0.25) is 9.59 Å². The van der Waals surface area contributed by atoms with Crippen LogP contribution in [0.1, 0.15) is 236 Å². The third-order valence-electron chi connectivity index (χ3n) is 27.8. The third-order valence-corrected chi connectivity index (χ3v) is 27.8. The Hall–Kier alpha value is -1.88. The van der Waals surface area contributed by atoms with E-state index in [4.69, 9.17) is 0 Å². The van der Waals surface area contributed by atoms with E-state index in [9.17, 15) is 14.7 Å². The number of fused-ring (bicyclic) bond motifs is 15. The Balaban J connectivity index is 0.652. The predicted octanol–water partition coefficient (Wildman–Crippen LogP) is 15.5. The molecular weight excluding hydrogens is 881 g/mol. The minimum absolute atomic E-state index is 0.0969. The minimum Gasteiger partial charge on any atom is -0.393 e. The Morgan fingerprint density at radius 2 is 0.917 bits per heavy atom. The molecule has 0 aromatic heterocycles. The molecule has 12 aliphatic rings. The van der Waals surface area contributed by atoms with E-state index in [2.05, 4.69) is 91.2 Å². The smallest absolute Gasteiger partial charge is 0.223 e. The first kappa shape index (κ1) is 50.9. The summed E-state index contributed by atoms with van der Waals surface area (Å²) in [6.45, 7) is 23.0. The second-order valence-electron chi connectivity index (χ2n) is 31.0. The summed E-state index contributed by atoms with van der Waals surface area (Å²) in [5, 5.41) is 18.1. The van der Waals surface area contributed by atoms with Crippen molar-refractivity contribution in [3.63, 3.8) is 0 Å². The molecular formula is C67H104N2O3. The molecule has 9 fully saturated rings. The molecule has 12 rings (SSSR count). The zero-order chi connectivity index (χ0) is 50.3. The second kappa shape index (κ2) is 18.4. The quantitative estimate of drug-likeness (QED) is 0.201. The number of hydrogen-bond acceptors (Lipinski definition) is 3. The highest BCUT2D eigenvalue weighted by Gasteiger charge is 2.64. The van der Waals surface area contributed by atoms with Crippen LogP contribution in [0.5, 0.6) is 0 Å². The van der Waals surface area contributed by atoms with Gasteiger partial charge < -0.3 is 15.7 Å². The maximum atomic E-state index is 14.7. The summed E-state index contributed by atoms with van der Waals surface area (Å²) in [5.41, 5.74) is 6.41. The zero-order valence-corrected chi connectivity index (χ0v) is 47.4. The van der Waals surface area contributed by atoms with Gasteiger partial charge in [-0.05, 0) is 258 Å². The van der Waals surface area contributed by atoms with Crippen molar-refractivity contribution in [3.05, 3.63) is 34.9 Å². The predicted molar refractivity (Wildman–Crippen MR) is 293 cm³/mol. The van der Waals surface area contributed by atoms with Crippen LogP contribution in [0.15, 0.2) is 34.9 Å². The summed E-state index contributed by atoms with van der Waals surface area (Å²) < 4.78 is 0. The van der Waals surface area contributed by atoms with E-state index in [1.54, 1.807) is 16.7 Å². The molecule has 2 amide bonds. The van der Waals surface area contributed by atoms with Crippen molar-refractivity contribution >= 4 is 11.8 Å². The fourth-order valence-corrected chi connectivity index (χ4v) is 23.7. The van der Waals surface area contributed by atoms with Crippen LogP contribution in [-0.4, -0.2) is 35.1 Å². The van der Waals surface area contributed by atoms with Crippen LogP contribution in [0.2, 0.25) is 0 Å². The lowest BCUT2D eigenvalue weighted by atomic mass is 9.46. The van der Waals surface area contributed by atoms with Crippen molar-refractivity contribution in [1.29, 1.82) is 0 Å². The average Bonchev–Trinajstić information content (AvgIpc) is 4.02. The molecule has 0 spiro atoms. The molecule has 400 valence electrons. The lowest BCUT2D eigenvalue weighted by Crippen LogP contribution is -2.55. The number of amides is 2. The van der Waals surface area contributed by atoms with Gasteiger partial charge in [0.05, 0.1) is 6.10 Å². The number of nitrogens with one attached hydrogen (secondary N) is 2. The lowest BCUT2D eigenvalue weighted by molar-refractivity contribution is -0.134. The molecule has 0 aromatic carbocycles. The topological polar surface area (TPSA) is 78.4 Å². The fourth-order valence-electron chi connectivity index (χ4n) is 23.7. The molecule has 5 heteroatoms. The molecule has 12 aliphatic carbocycles. The summed E-state index contributed by atoms with van der Waals surface area (Å²) >= 11 is 0. The third kappa shape index (κ3) is 7.82. The van der Waals surface area contributed by atoms with Gasteiger partial charge in [-0.1, -0.05) is 117 Å². The molecule has 0 aliphatic heterocycles. The van der Waals surface area contributed by atoms with Gasteiger partial charge in [0.2, 0.25) is 11.8 Å². The van der Waals surface area contributed by atoms with Gasteiger partial charge in [0.15, 0.2) is 0 Å². The first-order chi connectivity index (χ1) is 34.3. The van der Waals surface area contributed by atoms with Crippen molar-refractivity contribution in [2.24, 2.45) is 115 Å². The van der Waals surface area contributed by atoms with Gasteiger partial charge in [-0.2, -0.15) is 0 Å². The molecule has 3 N–H and O–H groups in total. The lowest BCUT2D eigenvalue weighted by Gasteiger charge is -2.59. The van der Waals surface area contributed by atoms with Gasteiger partial charge in [-0.25, -0.2) is 0 Å². The van der Waals surface area contributed by atoms with Crippen LogP contribution in [0.4, 0.5) is 0 Å². The second-order valence-corrected chi connectivity index (χ2v) is 31.0. The number of carbonyl (C=O) groups is 2. The molecule has 0 radical (unpaired) electrons. The molecule has 0 aromatic rings. The van der Waals surface area contributed by atoms with Crippen LogP contribution in [0, 0.1) is 115 Å². The molecule has 9 saturated carbocycles. The summed E-state index contributed by atoms with van der Waals surface area (Å²) in [6.07, 6.45) is 40.5. The van der Waals surface area contributed by atoms with Crippen LogP contribution in [-0.2, 0) is 9.59 Å². The van der Waals surface area contributed by atoms with Gasteiger partial charge in [-0.15, -0.1) is 0 Å². The summed E-state index contributed by atoms with van der Waals surface area (Å²) in [4.78, 5) is 29.2. The Bertz CT molecular complexity index is 2210. The number of hydrogen-bond donors (Lipinski definition) is 3. The zero-order valence-electron chi connectivity index (χ0n) is 47.4. The highest BCUT2D eigenvalue weighted by molar-refractivity contribution is 5.81. The van der Waals surface area contributed by atoms with E-state index >= 15 is 0 Å². The Morgan fingerprint density at radius 1 is 0.500 bits per heavy atom. The maximum absolute atomic E-state index is 14.7. The van der Waals surface area contributed by atoms with Crippen molar-refractivity contribution < 1.29 is 14.7 Å². The highest BCUT2D eigenvalue weighted by Crippen LogP contribution is 2.70. The van der Waals surface area contributed by atoms with E-state index < -0.39 is 0 Å².